The van der Waals surface area contributed by atoms with Crippen molar-refractivity contribution in [3.8, 4) is 0 Å². The van der Waals surface area contributed by atoms with Crippen molar-refractivity contribution in [1.82, 2.24) is 10.2 Å². The Balaban J connectivity index is 2.00. The summed E-state index contributed by atoms with van der Waals surface area (Å²) in [6.07, 6.45) is 0.717. The third-order valence-corrected chi connectivity index (χ3v) is 7.90. The Hall–Kier alpha value is -3.43. The molecule has 0 radical (unpaired) electrons. The number of nitrogens with one attached hydrogen (secondary N) is 1. The Bertz CT molecular complexity index is 1320. The first-order valence-corrected chi connectivity index (χ1v) is 13.6. The van der Waals surface area contributed by atoms with E-state index in [2.05, 4.69) is 5.32 Å². The van der Waals surface area contributed by atoms with E-state index in [9.17, 15) is 22.4 Å². The molecule has 0 spiro atoms. The number of amides is 2. The molecule has 3 aromatic rings. The Morgan fingerprint density at radius 3 is 2.22 bits per heavy atom. The van der Waals surface area contributed by atoms with Crippen molar-refractivity contribution in [2.75, 3.05) is 17.4 Å². The molecule has 3 aromatic carbocycles. The van der Waals surface area contributed by atoms with Crippen LogP contribution in [0.25, 0.3) is 0 Å². The second-order valence-electron chi connectivity index (χ2n) is 8.38. The molecule has 3 rings (SSSR count). The maximum Gasteiger partial charge on any atom is 0.264 e. The maximum absolute atomic E-state index is 13.7. The van der Waals surface area contributed by atoms with Gasteiger partial charge in [0, 0.05) is 18.1 Å². The highest BCUT2D eigenvalue weighted by atomic mass is 35.5. The smallest absolute Gasteiger partial charge is 0.264 e. The number of benzene rings is 3. The highest BCUT2D eigenvalue weighted by molar-refractivity contribution is 7.92. The fourth-order valence-corrected chi connectivity index (χ4v) is 5.26. The number of sulfonamides is 1. The number of hydrogen-bond donors (Lipinski definition) is 1. The van der Waals surface area contributed by atoms with Crippen molar-refractivity contribution in [2.45, 2.75) is 37.8 Å². The summed E-state index contributed by atoms with van der Waals surface area (Å²) in [5, 5.41) is 3.20. The summed E-state index contributed by atoms with van der Waals surface area (Å²) in [7, 11) is -4.25. The van der Waals surface area contributed by atoms with Gasteiger partial charge in [-0.05, 0) is 61.4 Å². The predicted octanol–water partition coefficient (Wildman–Crippen LogP) is 4.62. The van der Waals surface area contributed by atoms with Crippen LogP contribution in [-0.2, 0) is 26.2 Å². The Morgan fingerprint density at radius 1 is 0.973 bits per heavy atom. The first kappa shape index (κ1) is 28.1. The lowest BCUT2D eigenvalue weighted by atomic mass is 10.1. The number of carbonyl (C=O) groups excluding carboxylic acids is 2. The zero-order valence-corrected chi connectivity index (χ0v) is 22.2. The number of halogens is 2. The third-order valence-electron chi connectivity index (χ3n) is 5.74. The number of hydrogen-bond acceptors (Lipinski definition) is 4. The van der Waals surface area contributed by atoms with E-state index in [0.29, 0.717) is 23.6 Å². The van der Waals surface area contributed by atoms with Crippen LogP contribution in [0.1, 0.15) is 25.8 Å². The third kappa shape index (κ3) is 7.08. The van der Waals surface area contributed by atoms with E-state index < -0.39 is 34.3 Å². The first-order valence-electron chi connectivity index (χ1n) is 11.8. The van der Waals surface area contributed by atoms with Crippen LogP contribution in [0.15, 0.2) is 83.8 Å². The fourth-order valence-electron chi connectivity index (χ4n) is 3.65. The standard InChI is InChI=1S/C27H29ClFN3O4S/c1-3-17-30-27(34)20(2)31(18-21-9-7-8-12-25(21)28)26(33)19-32(23-10-5-4-6-11-23)37(35,36)24-15-13-22(29)14-16-24/h4-16,20H,3,17-19H2,1-2H3,(H,30,34)/t20-/m1/s1. The van der Waals surface area contributed by atoms with Crippen molar-refractivity contribution in [3.63, 3.8) is 0 Å². The van der Waals surface area contributed by atoms with Gasteiger partial charge < -0.3 is 10.2 Å². The summed E-state index contributed by atoms with van der Waals surface area (Å²) in [5.74, 6) is -1.55. The number of carbonyl (C=O) groups is 2. The molecule has 0 heterocycles. The lowest BCUT2D eigenvalue weighted by Crippen LogP contribution is -2.51. The Morgan fingerprint density at radius 2 is 1.59 bits per heavy atom. The molecule has 0 unspecified atom stereocenters. The minimum absolute atomic E-state index is 0.00154. The fraction of sp³-hybridized carbons (Fsp3) is 0.259. The van der Waals surface area contributed by atoms with E-state index >= 15 is 0 Å². The van der Waals surface area contributed by atoms with Crippen LogP contribution in [0.2, 0.25) is 5.02 Å². The van der Waals surface area contributed by atoms with E-state index in [-0.39, 0.29) is 23.0 Å². The molecule has 0 saturated carbocycles. The van der Waals surface area contributed by atoms with Crippen molar-refractivity contribution >= 4 is 39.1 Å². The molecule has 0 fully saturated rings. The molecule has 1 atom stereocenters. The van der Waals surface area contributed by atoms with Crippen molar-refractivity contribution < 1.29 is 22.4 Å². The molecule has 7 nitrogen and oxygen atoms in total. The lowest BCUT2D eigenvalue weighted by molar-refractivity contribution is -0.139. The molecule has 0 aliphatic carbocycles. The molecule has 0 bridgehead atoms. The number of anilines is 1. The summed E-state index contributed by atoms with van der Waals surface area (Å²) in [4.78, 5) is 27.7. The quantitative estimate of drug-likeness (QED) is 0.381. The van der Waals surface area contributed by atoms with Gasteiger partial charge in [0.05, 0.1) is 10.6 Å². The van der Waals surface area contributed by atoms with Crippen LogP contribution in [-0.4, -0.2) is 44.3 Å². The van der Waals surface area contributed by atoms with Crippen LogP contribution in [0.4, 0.5) is 10.1 Å². The second kappa shape index (κ2) is 12.7. The summed E-state index contributed by atoms with van der Waals surface area (Å²) >= 11 is 6.33. The van der Waals surface area contributed by atoms with Gasteiger partial charge in [-0.25, -0.2) is 12.8 Å². The maximum atomic E-state index is 13.7. The summed E-state index contributed by atoms with van der Waals surface area (Å²) < 4.78 is 41.6. The largest absolute Gasteiger partial charge is 0.354 e. The van der Waals surface area contributed by atoms with Gasteiger partial charge in [-0.15, -0.1) is 0 Å². The topological polar surface area (TPSA) is 86.8 Å². The first-order chi connectivity index (χ1) is 17.6. The van der Waals surface area contributed by atoms with Gasteiger partial charge >= 0.3 is 0 Å². The molecule has 10 heteroatoms. The predicted molar refractivity (Wildman–Crippen MR) is 142 cm³/mol. The SMILES string of the molecule is CCCNC(=O)[C@@H](C)N(Cc1ccccc1Cl)C(=O)CN(c1ccccc1)S(=O)(=O)c1ccc(F)cc1. The number of rotatable bonds is 11. The molecule has 196 valence electrons. The van der Waals surface area contributed by atoms with Gasteiger partial charge in [0.25, 0.3) is 10.0 Å². The average molecular weight is 546 g/mol. The monoisotopic (exact) mass is 545 g/mol. The average Bonchev–Trinajstić information content (AvgIpc) is 2.90. The summed E-state index contributed by atoms with van der Waals surface area (Å²) in [6, 6.07) is 18.5. The summed E-state index contributed by atoms with van der Waals surface area (Å²) in [6.45, 7) is 3.35. The van der Waals surface area contributed by atoms with Crippen LogP contribution in [0, 0.1) is 5.82 Å². The van der Waals surface area contributed by atoms with Gasteiger partial charge in [-0.3, -0.25) is 13.9 Å². The van der Waals surface area contributed by atoms with Gasteiger partial charge in [0.1, 0.15) is 18.4 Å². The summed E-state index contributed by atoms with van der Waals surface area (Å²) in [5.41, 5.74) is 0.862. The second-order valence-corrected chi connectivity index (χ2v) is 10.7. The number of para-hydroxylation sites is 1. The molecule has 1 N–H and O–H groups in total. The van der Waals surface area contributed by atoms with Crippen LogP contribution in [0.5, 0.6) is 0 Å². The molecule has 37 heavy (non-hydrogen) atoms. The Labute approximate surface area is 221 Å². The van der Waals surface area contributed by atoms with Gasteiger partial charge in [0.2, 0.25) is 11.8 Å². The minimum atomic E-state index is -4.25. The van der Waals surface area contributed by atoms with E-state index in [0.717, 1.165) is 28.6 Å². The minimum Gasteiger partial charge on any atom is -0.354 e. The molecule has 0 saturated heterocycles. The van der Waals surface area contributed by atoms with E-state index in [1.54, 1.807) is 61.5 Å². The van der Waals surface area contributed by atoms with Crippen LogP contribution < -0.4 is 9.62 Å². The van der Waals surface area contributed by atoms with Gasteiger partial charge in [-0.1, -0.05) is 54.9 Å². The molecular weight excluding hydrogens is 517 g/mol. The Kier molecular flexibility index (Phi) is 9.66. The molecule has 0 aromatic heterocycles. The van der Waals surface area contributed by atoms with E-state index in [1.165, 1.54) is 4.90 Å². The zero-order valence-electron chi connectivity index (χ0n) is 20.6. The van der Waals surface area contributed by atoms with Crippen molar-refractivity contribution in [1.29, 1.82) is 0 Å². The van der Waals surface area contributed by atoms with Gasteiger partial charge in [0.15, 0.2) is 0 Å². The molecule has 0 aliphatic heterocycles. The molecule has 0 aliphatic rings. The van der Waals surface area contributed by atoms with Gasteiger partial charge in [-0.2, -0.15) is 0 Å². The normalized spacial score (nSPS) is 12.0. The molecular formula is C27H29ClFN3O4S. The van der Waals surface area contributed by atoms with E-state index in [1.807, 2.05) is 6.92 Å². The lowest BCUT2D eigenvalue weighted by Gasteiger charge is -2.32. The highest BCUT2D eigenvalue weighted by Gasteiger charge is 2.32. The molecule has 2 amide bonds. The van der Waals surface area contributed by atoms with Crippen LogP contribution >= 0.6 is 11.6 Å². The van der Waals surface area contributed by atoms with Crippen LogP contribution in [0.3, 0.4) is 0 Å². The number of nitrogens with zero attached hydrogens (tertiary/aromatic N) is 2. The highest BCUT2D eigenvalue weighted by Crippen LogP contribution is 2.25. The zero-order chi connectivity index (χ0) is 27.0. The van der Waals surface area contributed by atoms with Crippen molar-refractivity contribution in [3.05, 3.63) is 95.3 Å². The van der Waals surface area contributed by atoms with E-state index in [4.69, 9.17) is 11.6 Å². The van der Waals surface area contributed by atoms with Crippen molar-refractivity contribution in [2.24, 2.45) is 0 Å².